The Kier molecular flexibility index (Phi) is 5.11. The molecule has 0 atom stereocenters. The monoisotopic (exact) mass is 300 g/mol. The molecule has 0 saturated heterocycles. The third-order valence-electron chi connectivity index (χ3n) is 2.80. The maximum absolute atomic E-state index is 11.3. The highest BCUT2D eigenvalue weighted by atomic mass is 16.7. The predicted molar refractivity (Wildman–Crippen MR) is 82.5 cm³/mol. The van der Waals surface area contributed by atoms with Gasteiger partial charge in [0.25, 0.3) is 0 Å². The molecular weight excluding hydrogens is 284 g/mol. The summed E-state index contributed by atoms with van der Waals surface area (Å²) in [6.07, 6.45) is -1.22. The smallest absolute Gasteiger partial charge is 0.436 e. The first-order valence-corrected chi connectivity index (χ1v) is 6.64. The molecule has 2 N–H and O–H groups in total. The molecule has 2 rings (SSSR count). The zero-order chi connectivity index (χ0) is 15.9. The molecule has 0 bridgehead atoms. The van der Waals surface area contributed by atoms with E-state index in [0.29, 0.717) is 11.4 Å². The highest BCUT2D eigenvalue weighted by Gasteiger charge is 2.15. The van der Waals surface area contributed by atoms with E-state index in [2.05, 4.69) is 5.32 Å². The average molecular weight is 300 g/mol. The van der Waals surface area contributed by atoms with Gasteiger partial charge in [-0.05, 0) is 29.8 Å². The second kappa shape index (κ2) is 7.24. The van der Waals surface area contributed by atoms with Gasteiger partial charge in [-0.1, -0.05) is 30.3 Å². The highest BCUT2D eigenvalue weighted by molar-refractivity contribution is 5.89. The van der Waals surface area contributed by atoms with Crippen LogP contribution < -0.4 is 10.4 Å². The van der Waals surface area contributed by atoms with Gasteiger partial charge in [0, 0.05) is 12.6 Å². The Morgan fingerprint density at radius 2 is 1.73 bits per heavy atom. The van der Waals surface area contributed by atoms with Crippen LogP contribution in [0.25, 0.3) is 0 Å². The zero-order valence-corrected chi connectivity index (χ0v) is 12.0. The largest absolute Gasteiger partial charge is 0.463 e. The SMILES string of the molecule is CC(=O)Nc1ccc(N(OCc2ccccc2)C(=O)O)cc1. The van der Waals surface area contributed by atoms with E-state index >= 15 is 0 Å². The fraction of sp³-hybridized carbons (Fsp3) is 0.125. The van der Waals surface area contributed by atoms with Crippen LogP contribution in [0, 0.1) is 0 Å². The molecular formula is C16H16N2O4. The second-order valence-electron chi connectivity index (χ2n) is 4.56. The molecule has 0 spiro atoms. The molecule has 0 radical (unpaired) electrons. The molecule has 0 aliphatic rings. The van der Waals surface area contributed by atoms with E-state index in [4.69, 9.17) is 4.84 Å². The molecule has 2 aromatic rings. The van der Waals surface area contributed by atoms with Gasteiger partial charge >= 0.3 is 6.09 Å². The summed E-state index contributed by atoms with van der Waals surface area (Å²) in [4.78, 5) is 27.6. The van der Waals surface area contributed by atoms with Crippen LogP contribution in [0.3, 0.4) is 0 Å². The number of carbonyl (C=O) groups is 2. The Morgan fingerprint density at radius 1 is 1.09 bits per heavy atom. The number of amides is 2. The van der Waals surface area contributed by atoms with E-state index in [1.54, 1.807) is 24.3 Å². The molecule has 0 aliphatic heterocycles. The number of hydrogen-bond donors (Lipinski definition) is 2. The van der Waals surface area contributed by atoms with Crippen LogP contribution in [0.2, 0.25) is 0 Å². The van der Waals surface area contributed by atoms with E-state index < -0.39 is 6.09 Å². The molecule has 0 saturated carbocycles. The number of hydrogen-bond acceptors (Lipinski definition) is 3. The van der Waals surface area contributed by atoms with Crippen LogP contribution in [0.5, 0.6) is 0 Å². The molecule has 0 aromatic heterocycles. The first-order chi connectivity index (χ1) is 10.6. The summed E-state index contributed by atoms with van der Waals surface area (Å²) in [5.41, 5.74) is 1.81. The standard InChI is InChI=1S/C16H16N2O4/c1-12(19)17-14-7-9-15(10-8-14)18(16(20)21)22-11-13-5-3-2-4-6-13/h2-10H,11H2,1H3,(H,17,19)(H,20,21). The third-order valence-corrected chi connectivity index (χ3v) is 2.80. The van der Waals surface area contributed by atoms with Crippen molar-refractivity contribution in [2.45, 2.75) is 13.5 Å². The summed E-state index contributed by atoms with van der Waals surface area (Å²) in [6.45, 7) is 1.54. The molecule has 0 heterocycles. The molecule has 22 heavy (non-hydrogen) atoms. The number of benzene rings is 2. The number of anilines is 2. The Balaban J connectivity index is 2.07. The summed E-state index contributed by atoms with van der Waals surface area (Å²) in [7, 11) is 0. The van der Waals surface area contributed by atoms with Gasteiger partial charge in [-0.25, -0.2) is 4.79 Å². The van der Waals surface area contributed by atoms with Crippen molar-refractivity contribution >= 4 is 23.4 Å². The molecule has 6 heteroatoms. The van der Waals surface area contributed by atoms with Gasteiger partial charge in [0.15, 0.2) is 0 Å². The fourth-order valence-corrected chi connectivity index (χ4v) is 1.84. The number of carbonyl (C=O) groups excluding carboxylic acids is 1. The van der Waals surface area contributed by atoms with Crippen molar-refractivity contribution in [2.75, 3.05) is 10.4 Å². The van der Waals surface area contributed by atoms with Crippen molar-refractivity contribution in [1.29, 1.82) is 0 Å². The first-order valence-electron chi connectivity index (χ1n) is 6.64. The van der Waals surface area contributed by atoms with Crippen LogP contribution in [-0.4, -0.2) is 17.1 Å². The average Bonchev–Trinajstić information content (AvgIpc) is 2.49. The number of rotatable bonds is 5. The van der Waals surface area contributed by atoms with Crippen molar-refractivity contribution in [1.82, 2.24) is 0 Å². The Hall–Kier alpha value is -2.86. The lowest BCUT2D eigenvalue weighted by Crippen LogP contribution is -2.29. The molecule has 2 aromatic carbocycles. The first kappa shape index (κ1) is 15.5. The van der Waals surface area contributed by atoms with Crippen LogP contribution in [-0.2, 0) is 16.2 Å². The molecule has 0 fully saturated rings. The van der Waals surface area contributed by atoms with Gasteiger partial charge in [-0.2, -0.15) is 5.06 Å². The van der Waals surface area contributed by atoms with Crippen molar-refractivity contribution in [3.05, 3.63) is 60.2 Å². The summed E-state index contributed by atoms with van der Waals surface area (Å²) >= 11 is 0. The topological polar surface area (TPSA) is 78.9 Å². The van der Waals surface area contributed by atoms with Crippen molar-refractivity contribution in [3.8, 4) is 0 Å². The van der Waals surface area contributed by atoms with Gasteiger partial charge in [-0.3, -0.25) is 9.63 Å². The molecule has 114 valence electrons. The number of hydroxylamine groups is 1. The molecule has 6 nitrogen and oxygen atoms in total. The summed E-state index contributed by atoms with van der Waals surface area (Å²) < 4.78 is 0. The zero-order valence-electron chi connectivity index (χ0n) is 12.0. The normalized spacial score (nSPS) is 10.0. The lowest BCUT2D eigenvalue weighted by molar-refractivity contribution is -0.114. The maximum atomic E-state index is 11.3. The van der Waals surface area contributed by atoms with E-state index in [-0.39, 0.29) is 12.5 Å². The Bertz CT molecular complexity index is 641. The lowest BCUT2D eigenvalue weighted by atomic mass is 10.2. The number of nitrogens with one attached hydrogen (secondary N) is 1. The summed E-state index contributed by atoms with van der Waals surface area (Å²) in [5, 5.41) is 12.7. The highest BCUT2D eigenvalue weighted by Crippen LogP contribution is 2.19. The quantitative estimate of drug-likeness (QED) is 0.831. The Labute approximate surface area is 127 Å². The number of nitrogens with zero attached hydrogens (tertiary/aromatic N) is 1. The van der Waals surface area contributed by atoms with E-state index in [9.17, 15) is 14.7 Å². The van der Waals surface area contributed by atoms with Gasteiger partial charge in [0.1, 0.15) is 6.61 Å². The second-order valence-corrected chi connectivity index (χ2v) is 4.56. The maximum Gasteiger partial charge on any atom is 0.436 e. The van der Waals surface area contributed by atoms with Gasteiger partial charge in [0.2, 0.25) is 5.91 Å². The summed E-state index contributed by atoms with van der Waals surface area (Å²) in [6, 6.07) is 15.6. The van der Waals surface area contributed by atoms with Crippen LogP contribution in [0.15, 0.2) is 54.6 Å². The lowest BCUT2D eigenvalue weighted by Gasteiger charge is -2.19. The number of carboxylic acid groups (broad SMARTS) is 1. The van der Waals surface area contributed by atoms with Crippen molar-refractivity contribution in [2.24, 2.45) is 0 Å². The van der Waals surface area contributed by atoms with Crippen LogP contribution in [0.1, 0.15) is 12.5 Å². The van der Waals surface area contributed by atoms with E-state index in [1.807, 2.05) is 30.3 Å². The minimum Gasteiger partial charge on any atom is -0.463 e. The van der Waals surface area contributed by atoms with Gasteiger partial charge in [-0.15, -0.1) is 0 Å². The van der Waals surface area contributed by atoms with Gasteiger partial charge < -0.3 is 10.4 Å². The third kappa shape index (κ3) is 4.32. The van der Waals surface area contributed by atoms with Crippen LogP contribution >= 0.6 is 0 Å². The van der Waals surface area contributed by atoms with E-state index in [1.165, 1.54) is 6.92 Å². The van der Waals surface area contributed by atoms with Crippen molar-refractivity contribution < 1.29 is 19.5 Å². The molecule has 0 unspecified atom stereocenters. The van der Waals surface area contributed by atoms with E-state index in [0.717, 1.165) is 10.6 Å². The van der Waals surface area contributed by atoms with Gasteiger partial charge in [0.05, 0.1) is 5.69 Å². The summed E-state index contributed by atoms with van der Waals surface area (Å²) in [5.74, 6) is -0.192. The minimum absolute atomic E-state index is 0.139. The van der Waals surface area contributed by atoms with Crippen molar-refractivity contribution in [3.63, 3.8) is 0 Å². The molecule has 0 aliphatic carbocycles. The minimum atomic E-state index is -1.22. The predicted octanol–water partition coefficient (Wildman–Crippen LogP) is 3.26. The molecule has 2 amide bonds. The Morgan fingerprint density at radius 3 is 2.27 bits per heavy atom. The van der Waals surface area contributed by atoms with Crippen LogP contribution in [0.4, 0.5) is 16.2 Å². The fourth-order valence-electron chi connectivity index (χ4n) is 1.84.